The summed E-state index contributed by atoms with van der Waals surface area (Å²) in [7, 11) is 0. The van der Waals surface area contributed by atoms with Gasteiger partial charge in [0.1, 0.15) is 34.5 Å². The molecule has 4 aliphatic heterocycles. The molecule has 12 nitrogen and oxygen atoms in total. The number of hydrogen-bond acceptors (Lipinski definition) is 14. The first-order valence-electron chi connectivity index (χ1n) is 18.5. The molecule has 8 rings (SSSR count). The molecule has 0 amide bonds. The first-order valence-corrected chi connectivity index (χ1v) is 20.5. The molecule has 0 aliphatic carbocycles. The zero-order valence-corrected chi connectivity index (χ0v) is 34.4. The highest BCUT2D eigenvalue weighted by molar-refractivity contribution is 7.99. The topological polar surface area (TPSA) is 125 Å². The normalized spacial score (nSPS) is 29.4. The smallest absolute Gasteiger partial charge is 0.163 e. The fourth-order valence-corrected chi connectivity index (χ4v) is 9.10. The Bertz CT molecular complexity index is 1820. The summed E-state index contributed by atoms with van der Waals surface area (Å²) in [6, 6.07) is 15.8. The molecule has 292 valence electrons. The summed E-state index contributed by atoms with van der Waals surface area (Å²) in [5.74, 6) is -1.03. The van der Waals surface area contributed by atoms with Crippen LogP contribution >= 0.6 is 23.5 Å². The summed E-state index contributed by atoms with van der Waals surface area (Å²) in [5, 5.41) is 1.84. The van der Waals surface area contributed by atoms with Gasteiger partial charge < -0.3 is 37.9 Å². The summed E-state index contributed by atoms with van der Waals surface area (Å²) < 4.78 is 48.1. The van der Waals surface area contributed by atoms with E-state index in [2.05, 4.69) is 9.97 Å². The predicted molar refractivity (Wildman–Crippen MR) is 207 cm³/mol. The highest BCUT2D eigenvalue weighted by Gasteiger charge is 2.51. The summed E-state index contributed by atoms with van der Waals surface area (Å²) in [6.45, 7) is 20.4. The van der Waals surface area contributed by atoms with Crippen molar-refractivity contribution in [2.75, 3.05) is 24.7 Å². The second-order valence-electron chi connectivity index (χ2n) is 15.8. The van der Waals surface area contributed by atoms with E-state index in [9.17, 15) is 0 Å². The average molecular weight is 781 g/mol. The Morgan fingerprint density at radius 2 is 0.852 bits per heavy atom. The van der Waals surface area contributed by atoms with Gasteiger partial charge in [-0.15, -0.1) is 23.5 Å². The van der Waals surface area contributed by atoms with Crippen LogP contribution < -0.4 is 0 Å². The molecule has 2 aromatic carbocycles. The molecule has 4 aliphatic rings. The molecule has 4 fully saturated rings. The van der Waals surface area contributed by atoms with Crippen molar-refractivity contribution in [1.82, 2.24) is 19.9 Å². The van der Waals surface area contributed by atoms with E-state index in [1.807, 2.05) is 118 Å². The van der Waals surface area contributed by atoms with E-state index in [-0.39, 0.29) is 36.6 Å². The first kappa shape index (κ1) is 39.7. The van der Waals surface area contributed by atoms with Gasteiger partial charge in [0.2, 0.25) is 0 Å². The molecule has 2 aromatic heterocycles. The Labute approximate surface area is 326 Å². The van der Waals surface area contributed by atoms with E-state index in [1.165, 1.54) is 0 Å². The van der Waals surface area contributed by atoms with E-state index in [0.717, 1.165) is 43.5 Å². The maximum Gasteiger partial charge on any atom is 0.163 e. The van der Waals surface area contributed by atoms with Crippen LogP contribution in [0, 0.1) is 13.8 Å². The van der Waals surface area contributed by atoms with Gasteiger partial charge in [0.05, 0.1) is 58.9 Å². The largest absolute Gasteiger partial charge is 0.348 e. The standard InChI is InChI=1S/2C20H26N2O4S/c2*1-12-18(22-14-9-7-6-8-13(14)21-12)27-11-16-17(26-20(4,5)25-16)15-10-23-19(2,3)24-15/h2*6-9,15-17H,10-11H2,1-5H3/t2*15-,16+,17+/m10/s1. The number of ether oxygens (including phenoxy) is 8. The van der Waals surface area contributed by atoms with Crippen molar-refractivity contribution < 1.29 is 37.9 Å². The van der Waals surface area contributed by atoms with E-state index >= 15 is 0 Å². The number of benzene rings is 2. The van der Waals surface area contributed by atoms with Crippen molar-refractivity contribution in [2.45, 2.75) is 139 Å². The van der Waals surface area contributed by atoms with Crippen LogP contribution in [0.5, 0.6) is 0 Å². The second kappa shape index (κ2) is 15.4. The van der Waals surface area contributed by atoms with Gasteiger partial charge in [-0.25, -0.2) is 19.9 Å². The van der Waals surface area contributed by atoms with E-state index in [4.69, 9.17) is 47.9 Å². The van der Waals surface area contributed by atoms with Crippen LogP contribution in [0.15, 0.2) is 58.6 Å². The Kier molecular flexibility index (Phi) is 11.4. The third-order valence-corrected chi connectivity index (χ3v) is 11.7. The third kappa shape index (κ3) is 9.37. The average Bonchev–Trinajstić information content (AvgIpc) is 3.84. The number of thioether (sulfide) groups is 2. The summed E-state index contributed by atoms with van der Waals surface area (Å²) in [6.07, 6.45) is -0.862. The number of hydrogen-bond donors (Lipinski definition) is 0. The third-order valence-electron chi connectivity index (χ3n) is 9.41. The zero-order chi connectivity index (χ0) is 38.5. The summed E-state index contributed by atoms with van der Waals surface area (Å²) in [5.41, 5.74) is 5.49. The lowest BCUT2D eigenvalue weighted by Gasteiger charge is -2.23. The van der Waals surface area contributed by atoms with Crippen molar-refractivity contribution >= 4 is 45.6 Å². The molecular weight excluding hydrogens is 729 g/mol. The molecule has 54 heavy (non-hydrogen) atoms. The van der Waals surface area contributed by atoms with Gasteiger partial charge >= 0.3 is 0 Å². The minimum atomic E-state index is -0.643. The van der Waals surface area contributed by atoms with Crippen LogP contribution in [0.3, 0.4) is 0 Å². The van der Waals surface area contributed by atoms with Gasteiger partial charge in [-0.2, -0.15) is 0 Å². The molecule has 0 bridgehead atoms. The monoisotopic (exact) mass is 780 g/mol. The highest BCUT2D eigenvalue weighted by atomic mass is 32.2. The van der Waals surface area contributed by atoms with Crippen molar-refractivity contribution in [1.29, 1.82) is 0 Å². The Balaban J connectivity index is 0.000000167. The molecule has 4 aromatic rings. The van der Waals surface area contributed by atoms with Crippen molar-refractivity contribution in [3.05, 3.63) is 59.9 Å². The van der Waals surface area contributed by atoms with Crippen LogP contribution in [0.25, 0.3) is 22.1 Å². The molecular formula is C40H52N4O8S2. The lowest BCUT2D eigenvalue weighted by atomic mass is 10.1. The fourth-order valence-electron chi connectivity index (χ4n) is 7.11. The number of para-hydroxylation sites is 4. The first-order chi connectivity index (χ1) is 25.4. The maximum atomic E-state index is 6.16. The Hall–Kier alpha value is -2.50. The maximum absolute atomic E-state index is 6.16. The van der Waals surface area contributed by atoms with E-state index < -0.39 is 23.1 Å². The van der Waals surface area contributed by atoms with Crippen LogP contribution in [0.2, 0.25) is 0 Å². The molecule has 6 heterocycles. The van der Waals surface area contributed by atoms with Crippen molar-refractivity contribution in [3.63, 3.8) is 0 Å². The fraction of sp³-hybridized carbons (Fsp3) is 0.600. The van der Waals surface area contributed by atoms with Crippen molar-refractivity contribution in [3.8, 4) is 0 Å². The number of fused-ring (bicyclic) bond motifs is 2. The van der Waals surface area contributed by atoms with Gasteiger partial charge in [-0.05, 0) is 93.5 Å². The number of rotatable bonds is 8. The molecule has 6 atom stereocenters. The molecule has 4 saturated heterocycles. The molecule has 14 heteroatoms. The lowest BCUT2D eigenvalue weighted by Crippen LogP contribution is -2.39. The number of aryl methyl sites for hydroxylation is 2. The predicted octanol–water partition coefficient (Wildman–Crippen LogP) is 7.40. The molecule has 0 spiro atoms. The van der Waals surface area contributed by atoms with Crippen LogP contribution in [-0.2, 0) is 37.9 Å². The molecule has 0 N–H and O–H groups in total. The van der Waals surface area contributed by atoms with E-state index in [1.54, 1.807) is 23.5 Å². The molecule has 0 unspecified atom stereocenters. The Morgan fingerprint density at radius 3 is 1.19 bits per heavy atom. The zero-order valence-electron chi connectivity index (χ0n) is 32.8. The number of nitrogens with zero attached hydrogens (tertiary/aromatic N) is 4. The molecule has 0 saturated carbocycles. The van der Waals surface area contributed by atoms with Gasteiger partial charge in [-0.3, -0.25) is 0 Å². The van der Waals surface area contributed by atoms with Gasteiger partial charge in [0, 0.05) is 11.5 Å². The summed E-state index contributed by atoms with van der Waals surface area (Å²) in [4.78, 5) is 18.9. The van der Waals surface area contributed by atoms with Crippen LogP contribution in [0.4, 0.5) is 0 Å². The van der Waals surface area contributed by atoms with E-state index in [0.29, 0.717) is 24.7 Å². The van der Waals surface area contributed by atoms with Gasteiger partial charge in [0.15, 0.2) is 23.1 Å². The van der Waals surface area contributed by atoms with Gasteiger partial charge in [0.25, 0.3) is 0 Å². The van der Waals surface area contributed by atoms with Crippen LogP contribution in [0.1, 0.15) is 66.8 Å². The Morgan fingerprint density at radius 1 is 0.500 bits per heavy atom. The minimum absolute atomic E-state index is 0.111. The summed E-state index contributed by atoms with van der Waals surface area (Å²) >= 11 is 3.29. The SMILES string of the molecule is Cc1nc2ccccc2nc1SC[C@@H]1OC(C)(C)O[C@H]1[C@H]1COC(C)(C)O1.Cc1nc2ccccc2nc1SC[C@H]1OC(C)(C)O[C@@H]1[C@@H]1COC(C)(C)O1. The number of aromatic nitrogens is 4. The minimum Gasteiger partial charge on any atom is -0.348 e. The lowest BCUT2D eigenvalue weighted by molar-refractivity contribution is -0.174. The van der Waals surface area contributed by atoms with Gasteiger partial charge in [-0.1, -0.05) is 24.3 Å². The van der Waals surface area contributed by atoms with Crippen molar-refractivity contribution in [2.24, 2.45) is 0 Å². The van der Waals surface area contributed by atoms with Crippen LogP contribution in [-0.4, -0.2) is 104 Å². The quantitative estimate of drug-likeness (QED) is 0.165. The highest BCUT2D eigenvalue weighted by Crippen LogP contribution is 2.39. The second-order valence-corrected chi connectivity index (χ2v) is 17.9. The molecule has 0 radical (unpaired) electrons.